The molecule has 0 unspecified atom stereocenters. The minimum atomic E-state index is -6.98. The number of hydrogen-bond acceptors (Lipinski definition) is 3. The van der Waals surface area contributed by atoms with Gasteiger partial charge in [0.25, 0.3) is 0 Å². The van der Waals surface area contributed by atoms with Crippen molar-refractivity contribution in [2.45, 2.75) is 76.2 Å². The van der Waals surface area contributed by atoms with E-state index in [9.17, 15) is 44.3 Å². The zero-order valence-electron chi connectivity index (χ0n) is 19.4. The summed E-state index contributed by atoms with van der Waals surface area (Å²) < 4.78 is 124. The molecule has 2 atom stereocenters. The predicted molar refractivity (Wildman–Crippen MR) is 110 cm³/mol. The highest BCUT2D eigenvalue weighted by molar-refractivity contribution is 5.70. The summed E-state index contributed by atoms with van der Waals surface area (Å²) in [5.41, 5.74) is 1.54. The topological polar surface area (TPSA) is 50.4 Å². The molecular weight excluding hydrogens is 495 g/mol. The van der Waals surface area contributed by atoms with Crippen LogP contribution >= 0.6 is 0 Å². The summed E-state index contributed by atoms with van der Waals surface area (Å²) in [5.74, 6) is -19.5. The van der Waals surface area contributed by atoms with Crippen molar-refractivity contribution in [1.82, 2.24) is 10.6 Å². The van der Waals surface area contributed by atoms with Gasteiger partial charge >= 0.3 is 30.0 Å². The molecule has 4 nitrogen and oxygen atoms in total. The molecule has 0 bridgehead atoms. The lowest BCUT2D eigenvalue weighted by Gasteiger charge is -2.36. The predicted octanol–water partition coefficient (Wildman–Crippen LogP) is 6.32. The molecule has 0 spiro atoms. The summed E-state index contributed by atoms with van der Waals surface area (Å²) in [6.07, 6.45) is -5.27. The summed E-state index contributed by atoms with van der Waals surface area (Å²) in [6, 6.07) is 0.749. The number of ether oxygens (including phenoxy) is 1. The molecule has 1 aliphatic carbocycles. The van der Waals surface area contributed by atoms with Crippen LogP contribution in [0, 0.1) is 13.8 Å². The van der Waals surface area contributed by atoms with E-state index >= 15 is 0 Å². The van der Waals surface area contributed by atoms with E-state index in [2.05, 4.69) is 5.32 Å². The molecule has 0 saturated carbocycles. The fourth-order valence-corrected chi connectivity index (χ4v) is 3.34. The molecule has 1 amide bonds. The second kappa shape index (κ2) is 9.21. The maximum absolute atomic E-state index is 14.1. The number of hydrogen-bond donors (Lipinski definition) is 2. The Bertz CT molecular complexity index is 982. The molecule has 35 heavy (non-hydrogen) atoms. The van der Waals surface area contributed by atoms with Gasteiger partial charge in [0, 0.05) is 0 Å². The van der Waals surface area contributed by atoms with Crippen LogP contribution in [0.1, 0.15) is 49.1 Å². The normalized spacial score (nSPS) is 19.4. The molecule has 1 aliphatic rings. The summed E-state index contributed by atoms with van der Waals surface area (Å²) >= 11 is 0. The molecule has 0 radical (unpaired) electrons. The van der Waals surface area contributed by atoms with Gasteiger partial charge in [0.2, 0.25) is 0 Å². The summed E-state index contributed by atoms with van der Waals surface area (Å²) in [4.78, 5) is 12.4. The Kier molecular flexibility index (Phi) is 7.58. The zero-order valence-corrected chi connectivity index (χ0v) is 19.4. The van der Waals surface area contributed by atoms with Gasteiger partial charge in [-0.05, 0) is 56.9 Å². The minimum absolute atomic E-state index is 0.370. The fourth-order valence-electron chi connectivity index (χ4n) is 3.34. The van der Waals surface area contributed by atoms with E-state index < -0.39 is 54.3 Å². The van der Waals surface area contributed by atoms with Crippen molar-refractivity contribution < 1.29 is 49.0 Å². The largest absolute Gasteiger partial charge is 0.460 e. The quantitative estimate of drug-likeness (QED) is 0.432. The van der Waals surface area contributed by atoms with Crippen LogP contribution in [0.3, 0.4) is 0 Å². The summed E-state index contributed by atoms with van der Waals surface area (Å²) in [6.45, 7) is 5.91. The van der Waals surface area contributed by atoms with Gasteiger partial charge in [0.05, 0.1) is 18.6 Å². The monoisotopic (exact) mass is 520 g/mol. The number of alkyl halides is 9. The number of fused-ring (bicyclic) bond motifs is 1. The Morgan fingerprint density at radius 2 is 1.46 bits per heavy atom. The molecule has 198 valence electrons. The molecule has 0 saturated heterocycles. The first-order chi connectivity index (χ1) is 15.6. The molecule has 0 heterocycles. The zero-order chi connectivity index (χ0) is 27.2. The third-order valence-corrected chi connectivity index (χ3v) is 5.32. The van der Waals surface area contributed by atoms with Gasteiger partial charge in [-0.25, -0.2) is 4.79 Å². The van der Waals surface area contributed by atoms with E-state index in [-0.39, 0.29) is 0 Å². The Labute approximate surface area is 195 Å². The van der Waals surface area contributed by atoms with Crippen LogP contribution < -0.4 is 10.6 Å². The second-order valence-corrected chi connectivity index (χ2v) is 9.31. The maximum atomic E-state index is 14.1. The first-order valence-corrected chi connectivity index (χ1v) is 10.3. The molecule has 1 aromatic carbocycles. The molecule has 2 rings (SSSR count). The summed E-state index contributed by atoms with van der Waals surface area (Å²) in [5, 5.41) is 4.32. The average molecular weight is 520 g/mol. The number of amides is 1. The van der Waals surface area contributed by atoms with Crippen LogP contribution in [0.5, 0.6) is 0 Å². The number of rotatable bonds is 6. The van der Waals surface area contributed by atoms with Crippen molar-refractivity contribution >= 4 is 12.2 Å². The lowest BCUT2D eigenvalue weighted by atomic mass is 9.86. The highest BCUT2D eigenvalue weighted by atomic mass is 19.4. The Balaban J connectivity index is 2.37. The van der Waals surface area contributed by atoms with Gasteiger partial charge in [-0.15, -0.1) is 0 Å². The van der Waals surface area contributed by atoms with Crippen molar-refractivity contribution in [2.24, 2.45) is 0 Å². The standard InChI is InChI=1S/C22H25F9N2O2/c1-11-8-13-6-7-15(16(14(13)9-12(11)2)33-17(34)35-18(3,4)5)32-10-19(23,24)20(25,26)21(27,28)22(29,30)31/h6-9,15-16,32H,10H2,1-5H3,(H,33,34)/t15-,16-/m1/s1. The van der Waals surface area contributed by atoms with Crippen LogP contribution in [-0.2, 0) is 4.74 Å². The fraction of sp³-hybridized carbons (Fsp3) is 0.591. The first-order valence-electron chi connectivity index (χ1n) is 10.3. The number of halogens is 9. The highest BCUT2D eigenvalue weighted by Crippen LogP contribution is 2.53. The lowest BCUT2D eigenvalue weighted by molar-refractivity contribution is -0.394. The van der Waals surface area contributed by atoms with E-state index in [0.29, 0.717) is 11.1 Å². The number of nitrogens with one attached hydrogen (secondary N) is 2. The molecule has 0 aromatic heterocycles. The van der Waals surface area contributed by atoms with Crippen LogP contribution in [0.2, 0.25) is 0 Å². The van der Waals surface area contributed by atoms with E-state index in [1.54, 1.807) is 46.8 Å². The van der Waals surface area contributed by atoms with Crippen LogP contribution in [0.4, 0.5) is 44.3 Å². The van der Waals surface area contributed by atoms with Crippen molar-refractivity contribution in [1.29, 1.82) is 0 Å². The molecular formula is C22H25F9N2O2. The van der Waals surface area contributed by atoms with Gasteiger partial charge in [-0.2, -0.15) is 39.5 Å². The SMILES string of the molecule is Cc1cc2c(cc1C)[C@@H](NC(=O)OC(C)(C)C)[C@H](NCC(F)(F)C(F)(F)C(F)(F)C(F)(F)F)C=C2. The highest BCUT2D eigenvalue weighted by Gasteiger charge is 2.81. The molecule has 0 aliphatic heterocycles. The van der Waals surface area contributed by atoms with Crippen molar-refractivity contribution in [3.63, 3.8) is 0 Å². The Morgan fingerprint density at radius 3 is 1.97 bits per heavy atom. The van der Waals surface area contributed by atoms with Gasteiger partial charge in [-0.3, -0.25) is 0 Å². The number of aryl methyl sites for hydroxylation is 2. The number of benzene rings is 1. The number of carbonyl (C=O) groups excluding carboxylic acids is 1. The van der Waals surface area contributed by atoms with Gasteiger partial charge in [0.1, 0.15) is 5.60 Å². The first kappa shape index (κ1) is 28.8. The van der Waals surface area contributed by atoms with Crippen LogP contribution in [0.25, 0.3) is 6.08 Å². The van der Waals surface area contributed by atoms with E-state index in [0.717, 1.165) is 11.1 Å². The van der Waals surface area contributed by atoms with Gasteiger partial charge in [0.15, 0.2) is 0 Å². The van der Waals surface area contributed by atoms with Crippen molar-refractivity contribution in [3.8, 4) is 0 Å². The van der Waals surface area contributed by atoms with E-state index in [1.807, 2.05) is 5.32 Å². The van der Waals surface area contributed by atoms with E-state index in [1.165, 1.54) is 12.2 Å². The van der Waals surface area contributed by atoms with Gasteiger partial charge < -0.3 is 15.4 Å². The van der Waals surface area contributed by atoms with E-state index in [4.69, 9.17) is 4.74 Å². The third kappa shape index (κ3) is 5.87. The number of alkyl carbamates (subject to hydrolysis) is 1. The molecule has 13 heteroatoms. The minimum Gasteiger partial charge on any atom is -0.444 e. The number of carbonyl (C=O) groups is 1. The maximum Gasteiger partial charge on any atom is 0.460 e. The van der Waals surface area contributed by atoms with Crippen LogP contribution in [0.15, 0.2) is 18.2 Å². The smallest absolute Gasteiger partial charge is 0.444 e. The lowest BCUT2D eigenvalue weighted by Crippen LogP contribution is -2.64. The molecule has 1 aromatic rings. The molecule has 0 fully saturated rings. The van der Waals surface area contributed by atoms with Crippen molar-refractivity contribution in [3.05, 3.63) is 40.5 Å². The third-order valence-electron chi connectivity index (χ3n) is 5.32. The van der Waals surface area contributed by atoms with Gasteiger partial charge in [-0.1, -0.05) is 24.3 Å². The van der Waals surface area contributed by atoms with Crippen LogP contribution in [-0.4, -0.2) is 48.2 Å². The Morgan fingerprint density at radius 1 is 0.914 bits per heavy atom. The summed E-state index contributed by atoms with van der Waals surface area (Å²) in [7, 11) is 0. The van der Waals surface area contributed by atoms with Crippen molar-refractivity contribution in [2.75, 3.05) is 6.54 Å². The second-order valence-electron chi connectivity index (χ2n) is 9.31. The molecule has 2 N–H and O–H groups in total. The Hall–Kier alpha value is -2.44. The average Bonchev–Trinajstić information content (AvgIpc) is 2.66.